The van der Waals surface area contributed by atoms with Crippen LogP contribution >= 0.6 is 0 Å². The van der Waals surface area contributed by atoms with Crippen LogP contribution in [-0.4, -0.2) is 15.9 Å². The van der Waals surface area contributed by atoms with Crippen LogP contribution in [0.3, 0.4) is 0 Å². The van der Waals surface area contributed by atoms with Crippen molar-refractivity contribution in [2.24, 2.45) is 5.73 Å². The van der Waals surface area contributed by atoms with Crippen molar-refractivity contribution in [2.45, 2.75) is 32.6 Å². The van der Waals surface area contributed by atoms with Crippen LogP contribution in [0.2, 0.25) is 0 Å². The van der Waals surface area contributed by atoms with Gasteiger partial charge in [0.2, 0.25) is 5.82 Å². The molecule has 4 aromatic rings. The van der Waals surface area contributed by atoms with Gasteiger partial charge in [-0.3, -0.25) is 4.79 Å². The average molecular weight is 369 g/mol. The minimum atomic E-state index is -0.594. The van der Waals surface area contributed by atoms with E-state index in [1.54, 1.807) is 24.1 Å². The molecule has 2 N–H and O–H groups in total. The number of nitrogens with zero attached hydrogens (tertiary/aromatic N) is 2. The monoisotopic (exact) mass is 369 g/mol. The molecule has 0 aliphatic heterocycles. The molecular formula is C24H23N3O. The number of fused-ring (bicyclic) bond motifs is 5. The highest BCUT2D eigenvalue weighted by atomic mass is 16.1. The second-order valence-corrected chi connectivity index (χ2v) is 7.18. The van der Waals surface area contributed by atoms with E-state index in [0.29, 0.717) is 0 Å². The Balaban J connectivity index is 0.000000165. The lowest BCUT2D eigenvalue weighted by atomic mass is 9.86. The third-order valence-corrected chi connectivity index (χ3v) is 5.27. The number of aromatic nitrogens is 2. The van der Waals surface area contributed by atoms with Crippen molar-refractivity contribution in [3.8, 4) is 0 Å². The summed E-state index contributed by atoms with van der Waals surface area (Å²) in [6.07, 6.45) is 6.72. The normalized spacial score (nSPS) is 12.9. The highest BCUT2D eigenvalue weighted by Gasteiger charge is 2.13. The van der Waals surface area contributed by atoms with Crippen molar-refractivity contribution >= 4 is 27.5 Å². The molecule has 3 aromatic carbocycles. The summed E-state index contributed by atoms with van der Waals surface area (Å²) in [5.74, 6) is -0.524. The fourth-order valence-corrected chi connectivity index (χ4v) is 3.91. The predicted octanol–water partition coefficient (Wildman–Crippen LogP) is 4.76. The van der Waals surface area contributed by atoms with E-state index in [9.17, 15) is 4.79 Å². The van der Waals surface area contributed by atoms with Gasteiger partial charge in [-0.05, 0) is 71.3 Å². The molecule has 1 heterocycles. The van der Waals surface area contributed by atoms with Crippen molar-refractivity contribution in [2.75, 3.05) is 0 Å². The quantitative estimate of drug-likeness (QED) is 0.492. The van der Waals surface area contributed by atoms with Gasteiger partial charge in [0.05, 0.1) is 0 Å². The summed E-state index contributed by atoms with van der Waals surface area (Å²) in [6, 6.07) is 19.7. The van der Waals surface area contributed by atoms with E-state index in [1.807, 2.05) is 0 Å². The molecule has 0 spiro atoms. The highest BCUT2D eigenvalue weighted by Crippen LogP contribution is 2.33. The van der Waals surface area contributed by atoms with E-state index < -0.39 is 5.91 Å². The number of primary amides is 1. The summed E-state index contributed by atoms with van der Waals surface area (Å²) in [5, 5.41) is 5.64. The fourth-order valence-electron chi connectivity index (χ4n) is 3.91. The first-order chi connectivity index (χ1) is 13.6. The summed E-state index contributed by atoms with van der Waals surface area (Å²) in [4.78, 5) is 17.9. The standard InChI is InChI=1S/C18H16.C6H7N3O/c1-3-7-15-13(5-1)9-11-18-16-8-4-2-6-14(16)10-12-17(15)18;1-4-2-3-8-6(9-4)5(7)10/h1,3,5,7,9-12H,2,4,6,8H2;2-3H,1H3,(H2,7,10). The molecule has 28 heavy (non-hydrogen) atoms. The van der Waals surface area contributed by atoms with Crippen LogP contribution in [-0.2, 0) is 12.8 Å². The number of carbonyl (C=O) groups is 1. The zero-order valence-corrected chi connectivity index (χ0v) is 16.0. The third-order valence-electron chi connectivity index (χ3n) is 5.27. The second-order valence-electron chi connectivity index (χ2n) is 7.18. The third kappa shape index (κ3) is 3.58. The Bertz CT molecular complexity index is 1170. The fraction of sp³-hybridized carbons (Fsp3) is 0.208. The molecule has 0 saturated carbocycles. The van der Waals surface area contributed by atoms with Crippen LogP contribution in [0.4, 0.5) is 0 Å². The smallest absolute Gasteiger partial charge is 0.286 e. The van der Waals surface area contributed by atoms with Crippen LogP contribution < -0.4 is 5.73 Å². The molecule has 140 valence electrons. The van der Waals surface area contributed by atoms with Gasteiger partial charge in [0, 0.05) is 11.9 Å². The lowest BCUT2D eigenvalue weighted by Crippen LogP contribution is -2.15. The SMILES string of the molecule is Cc1ccnc(C(N)=O)n1.c1ccc2c(c1)ccc1c3c(ccc12)CCCC3. The van der Waals surface area contributed by atoms with Crippen LogP contribution in [0.25, 0.3) is 21.5 Å². The number of aryl methyl sites for hydroxylation is 3. The molecule has 0 fully saturated rings. The number of nitrogens with two attached hydrogens (primary N) is 1. The largest absolute Gasteiger partial charge is 0.363 e. The van der Waals surface area contributed by atoms with Crippen LogP contribution in [0.5, 0.6) is 0 Å². The minimum absolute atomic E-state index is 0.0694. The zero-order valence-electron chi connectivity index (χ0n) is 16.0. The first-order valence-electron chi connectivity index (χ1n) is 9.65. The molecule has 1 aliphatic rings. The predicted molar refractivity (Wildman–Crippen MR) is 113 cm³/mol. The summed E-state index contributed by atoms with van der Waals surface area (Å²) >= 11 is 0. The number of rotatable bonds is 1. The number of hydrogen-bond acceptors (Lipinski definition) is 3. The highest BCUT2D eigenvalue weighted by molar-refractivity contribution is 6.08. The van der Waals surface area contributed by atoms with Gasteiger partial charge >= 0.3 is 0 Å². The Hall–Kier alpha value is -3.27. The summed E-state index contributed by atoms with van der Waals surface area (Å²) in [7, 11) is 0. The van der Waals surface area contributed by atoms with Gasteiger partial charge in [-0.25, -0.2) is 9.97 Å². The van der Waals surface area contributed by atoms with Crippen LogP contribution in [0.15, 0.2) is 60.8 Å². The number of carbonyl (C=O) groups excluding carboxylic acids is 1. The molecule has 1 aliphatic carbocycles. The van der Waals surface area contributed by atoms with Crippen molar-refractivity contribution in [3.05, 3.63) is 83.4 Å². The Labute approximate surface area is 164 Å². The molecule has 1 amide bonds. The molecule has 4 heteroatoms. The molecule has 0 saturated heterocycles. The van der Waals surface area contributed by atoms with E-state index in [1.165, 1.54) is 53.4 Å². The minimum Gasteiger partial charge on any atom is -0.363 e. The van der Waals surface area contributed by atoms with E-state index in [4.69, 9.17) is 5.73 Å². The van der Waals surface area contributed by atoms with Gasteiger partial charge in [0.1, 0.15) is 0 Å². The van der Waals surface area contributed by atoms with Crippen molar-refractivity contribution in [1.82, 2.24) is 9.97 Å². The van der Waals surface area contributed by atoms with E-state index in [-0.39, 0.29) is 5.82 Å². The number of amides is 1. The molecule has 5 rings (SSSR count). The summed E-state index contributed by atoms with van der Waals surface area (Å²) in [5.41, 5.74) is 8.83. The molecule has 0 unspecified atom stereocenters. The van der Waals surface area contributed by atoms with E-state index in [2.05, 4.69) is 58.5 Å². The van der Waals surface area contributed by atoms with Gasteiger partial charge < -0.3 is 5.73 Å². The Morgan fingerprint density at radius 1 is 0.893 bits per heavy atom. The van der Waals surface area contributed by atoms with Crippen LogP contribution in [0, 0.1) is 6.92 Å². The summed E-state index contributed by atoms with van der Waals surface area (Å²) < 4.78 is 0. The molecule has 4 nitrogen and oxygen atoms in total. The van der Waals surface area contributed by atoms with Crippen molar-refractivity contribution in [3.63, 3.8) is 0 Å². The Morgan fingerprint density at radius 3 is 2.46 bits per heavy atom. The summed E-state index contributed by atoms with van der Waals surface area (Å²) in [6.45, 7) is 1.77. The van der Waals surface area contributed by atoms with Gasteiger partial charge in [0.15, 0.2) is 0 Å². The van der Waals surface area contributed by atoms with Crippen LogP contribution in [0.1, 0.15) is 40.3 Å². The first-order valence-corrected chi connectivity index (χ1v) is 9.65. The molecule has 1 aromatic heterocycles. The number of hydrogen-bond donors (Lipinski definition) is 1. The molecule has 0 radical (unpaired) electrons. The average Bonchev–Trinajstić information content (AvgIpc) is 2.73. The van der Waals surface area contributed by atoms with Gasteiger partial charge in [0.25, 0.3) is 5.91 Å². The maximum atomic E-state index is 10.5. The maximum absolute atomic E-state index is 10.5. The number of benzene rings is 3. The van der Waals surface area contributed by atoms with Crippen molar-refractivity contribution in [1.29, 1.82) is 0 Å². The van der Waals surface area contributed by atoms with Crippen molar-refractivity contribution < 1.29 is 4.79 Å². The first kappa shape index (κ1) is 18.1. The Kier molecular flexibility index (Phi) is 5.02. The Morgan fingerprint density at radius 2 is 1.68 bits per heavy atom. The van der Waals surface area contributed by atoms with Gasteiger partial charge in [-0.2, -0.15) is 0 Å². The molecular weight excluding hydrogens is 346 g/mol. The van der Waals surface area contributed by atoms with E-state index >= 15 is 0 Å². The maximum Gasteiger partial charge on any atom is 0.286 e. The zero-order chi connectivity index (χ0) is 19.5. The van der Waals surface area contributed by atoms with Gasteiger partial charge in [-0.1, -0.05) is 48.5 Å². The second kappa shape index (κ2) is 7.77. The topological polar surface area (TPSA) is 68.9 Å². The lowest BCUT2D eigenvalue weighted by Gasteiger charge is -2.18. The van der Waals surface area contributed by atoms with Gasteiger partial charge in [-0.15, -0.1) is 0 Å². The van der Waals surface area contributed by atoms with E-state index in [0.717, 1.165) is 5.69 Å². The lowest BCUT2D eigenvalue weighted by molar-refractivity contribution is 0.0990. The molecule has 0 atom stereocenters. The molecule has 0 bridgehead atoms.